The molecule has 0 amide bonds. The molecule has 0 heterocycles. The molecule has 0 aliphatic heterocycles. The maximum atomic E-state index is 11.2. The largest absolute Gasteiger partial charge is 0.342 e. The van der Waals surface area contributed by atoms with Crippen LogP contribution >= 0.6 is 19.8 Å². The van der Waals surface area contributed by atoms with Crippen molar-refractivity contribution in [2.24, 2.45) is 5.14 Å². The molecule has 0 bridgehead atoms. The fraction of sp³-hybridized carbons (Fsp3) is 0.111. The minimum absolute atomic E-state index is 0.0527. The maximum absolute atomic E-state index is 11.2. The number of terminal acetylenes is 1. The van der Waals surface area contributed by atoms with Crippen molar-refractivity contribution in [2.45, 2.75) is 11.3 Å². The van der Waals surface area contributed by atoms with Crippen LogP contribution in [0, 0.1) is 15.9 Å². The highest BCUT2D eigenvalue weighted by Crippen LogP contribution is 2.28. The van der Waals surface area contributed by atoms with E-state index >= 15 is 0 Å². The van der Waals surface area contributed by atoms with Gasteiger partial charge in [0, 0.05) is 6.42 Å². The Hall–Kier alpha value is -0.980. The zero-order chi connectivity index (χ0) is 12.3. The van der Waals surface area contributed by atoms with Crippen LogP contribution < -0.4 is 5.14 Å². The number of hydrogen-bond donors (Lipinski definition) is 1. The fourth-order valence-electron chi connectivity index (χ4n) is 1.20. The third-order valence-electron chi connectivity index (χ3n) is 1.80. The van der Waals surface area contributed by atoms with E-state index < -0.39 is 29.8 Å². The van der Waals surface area contributed by atoms with Gasteiger partial charge in [-0.25, -0.2) is 19.7 Å². The average Bonchev–Trinajstić information content (AvgIpc) is 2.16. The van der Waals surface area contributed by atoms with E-state index in [0.717, 1.165) is 6.07 Å². The van der Waals surface area contributed by atoms with E-state index in [9.17, 15) is 14.6 Å². The van der Waals surface area contributed by atoms with Crippen LogP contribution in [0.4, 0.5) is 0 Å². The lowest BCUT2D eigenvalue weighted by atomic mass is 10.2. The van der Waals surface area contributed by atoms with Gasteiger partial charge in [-0.15, -0.1) is 12.3 Å². The second-order valence-corrected chi connectivity index (χ2v) is 6.72. The van der Waals surface area contributed by atoms with E-state index in [1.165, 1.54) is 12.1 Å². The summed E-state index contributed by atoms with van der Waals surface area (Å²) in [5, 5.41) is 4.93. The molecule has 7 heteroatoms. The van der Waals surface area contributed by atoms with E-state index in [-0.39, 0.29) is 14.9 Å². The minimum Gasteiger partial charge on any atom is -0.230 e. The van der Waals surface area contributed by atoms with Crippen LogP contribution in [0.2, 0.25) is 0 Å². The molecule has 0 radical (unpaired) electrons. The van der Waals surface area contributed by atoms with Crippen LogP contribution in [0.3, 0.4) is 0 Å². The number of hydrogen-bond acceptors (Lipinski definition) is 4. The molecule has 16 heavy (non-hydrogen) atoms. The van der Waals surface area contributed by atoms with Crippen LogP contribution in [0.5, 0.6) is 0 Å². The normalized spacial score (nSPS) is 11.3. The summed E-state index contributed by atoms with van der Waals surface area (Å²) in [6, 6.07) is 4.05. The van der Waals surface area contributed by atoms with Gasteiger partial charge in [-0.2, -0.15) is 0 Å². The maximum Gasteiger partial charge on any atom is 0.342 e. The molecular formula is C9H8INO4S. The number of halogens is 1. The summed E-state index contributed by atoms with van der Waals surface area (Å²) < 4.78 is 44.4. The van der Waals surface area contributed by atoms with E-state index in [2.05, 4.69) is 5.92 Å². The first-order chi connectivity index (χ1) is 7.38. The topological polar surface area (TPSA) is 94.3 Å². The van der Waals surface area contributed by atoms with Crippen molar-refractivity contribution in [3.63, 3.8) is 0 Å². The molecule has 0 unspecified atom stereocenters. The summed E-state index contributed by atoms with van der Waals surface area (Å²) in [6.07, 6.45) is 5.12. The Morgan fingerprint density at radius 2 is 2.00 bits per heavy atom. The lowest BCUT2D eigenvalue weighted by Crippen LogP contribution is -2.14. The highest BCUT2D eigenvalue weighted by atomic mass is 127. The van der Waals surface area contributed by atoms with Crippen molar-refractivity contribution in [3.05, 3.63) is 27.3 Å². The second kappa shape index (κ2) is 4.90. The van der Waals surface area contributed by atoms with Gasteiger partial charge in [0.15, 0.2) is 0 Å². The number of primary sulfonamides is 1. The van der Waals surface area contributed by atoms with E-state index in [0.29, 0.717) is 5.56 Å². The third kappa shape index (κ3) is 2.78. The fourth-order valence-corrected chi connectivity index (χ4v) is 4.74. The lowest BCUT2D eigenvalue weighted by molar-refractivity contribution is 0.595. The molecule has 0 aliphatic carbocycles. The molecule has 86 valence electrons. The SMILES string of the molecule is C#CCc1cccc(S(N)(=O)=O)c1I(=O)=O. The van der Waals surface area contributed by atoms with Gasteiger partial charge in [0.05, 0.1) is 0 Å². The smallest absolute Gasteiger partial charge is 0.230 e. The number of nitrogens with two attached hydrogens (primary N) is 1. The van der Waals surface area contributed by atoms with E-state index in [1.54, 1.807) is 0 Å². The van der Waals surface area contributed by atoms with Gasteiger partial charge >= 0.3 is 19.8 Å². The van der Waals surface area contributed by atoms with Gasteiger partial charge in [-0.3, -0.25) is 0 Å². The molecule has 1 rings (SSSR count). The monoisotopic (exact) mass is 353 g/mol. The van der Waals surface area contributed by atoms with Gasteiger partial charge in [0.2, 0.25) is 10.0 Å². The lowest BCUT2D eigenvalue weighted by Gasteiger charge is -2.04. The Balaban J connectivity index is 3.66. The summed E-state index contributed by atoms with van der Waals surface area (Å²) in [5.74, 6) is 2.27. The van der Waals surface area contributed by atoms with Crippen LogP contribution in [-0.4, -0.2) is 8.42 Å². The van der Waals surface area contributed by atoms with E-state index in [1.807, 2.05) is 0 Å². The standard InChI is InChI=1S/C9H8INO4S/c1-2-4-7-5-3-6-8(16(11,14)15)9(7)10(12)13/h1,3,5-6H,4H2,(H2,11,14,15). The Kier molecular flexibility index (Phi) is 4.01. The summed E-state index contributed by atoms with van der Waals surface area (Å²) in [6.45, 7) is 0. The van der Waals surface area contributed by atoms with Crippen molar-refractivity contribution >= 4 is 29.8 Å². The molecule has 0 aromatic heterocycles. The molecule has 2 N–H and O–H groups in total. The quantitative estimate of drug-likeness (QED) is 0.645. The van der Waals surface area contributed by atoms with Crippen LogP contribution in [-0.2, 0) is 22.6 Å². The Bertz CT molecular complexity index is 617. The molecule has 0 atom stereocenters. The molecule has 0 spiro atoms. The molecule has 0 aliphatic rings. The zero-order valence-corrected chi connectivity index (χ0v) is 11.0. The van der Waals surface area contributed by atoms with Crippen molar-refractivity contribution in [3.8, 4) is 12.3 Å². The minimum atomic E-state index is -4.05. The second-order valence-electron chi connectivity index (χ2n) is 2.87. The predicted octanol–water partition coefficient (Wildman–Crippen LogP) is 0.877. The summed E-state index contributed by atoms with van der Waals surface area (Å²) in [4.78, 5) is -0.379. The van der Waals surface area contributed by atoms with E-state index in [4.69, 9.17) is 11.6 Å². The van der Waals surface area contributed by atoms with Crippen LogP contribution in [0.25, 0.3) is 0 Å². The Morgan fingerprint density at radius 1 is 1.38 bits per heavy atom. The Morgan fingerprint density at radius 3 is 2.44 bits per heavy atom. The Labute approximate surface area is 100 Å². The van der Waals surface area contributed by atoms with Crippen LogP contribution in [0.1, 0.15) is 5.56 Å². The summed E-state index contributed by atoms with van der Waals surface area (Å²) in [7, 11) is -4.05. The third-order valence-corrected chi connectivity index (χ3v) is 5.27. The molecule has 1 aromatic carbocycles. The average molecular weight is 353 g/mol. The molecule has 0 fully saturated rings. The summed E-state index contributed by atoms with van der Waals surface area (Å²) in [5.41, 5.74) is 0.296. The molecular weight excluding hydrogens is 345 g/mol. The number of rotatable bonds is 3. The highest BCUT2D eigenvalue weighted by molar-refractivity contribution is 14.2. The van der Waals surface area contributed by atoms with Crippen molar-refractivity contribution < 1.29 is 14.6 Å². The summed E-state index contributed by atoms with van der Waals surface area (Å²) >= 11 is -3.97. The van der Waals surface area contributed by atoms with Crippen LogP contribution in [0.15, 0.2) is 23.1 Å². The molecule has 1 aromatic rings. The van der Waals surface area contributed by atoms with Crippen molar-refractivity contribution in [1.29, 1.82) is 0 Å². The van der Waals surface area contributed by atoms with Crippen molar-refractivity contribution in [2.75, 3.05) is 0 Å². The zero-order valence-electron chi connectivity index (χ0n) is 8.01. The number of sulfonamides is 1. The van der Waals surface area contributed by atoms with Gasteiger partial charge in [0.1, 0.15) is 8.47 Å². The first kappa shape index (κ1) is 13.1. The first-order valence-corrected chi connectivity index (χ1v) is 8.40. The van der Waals surface area contributed by atoms with Crippen molar-refractivity contribution in [1.82, 2.24) is 0 Å². The highest BCUT2D eigenvalue weighted by Gasteiger charge is 2.20. The van der Waals surface area contributed by atoms with Gasteiger partial charge in [0.25, 0.3) is 0 Å². The van der Waals surface area contributed by atoms with Gasteiger partial charge in [-0.05, 0) is 11.6 Å². The van der Waals surface area contributed by atoms with Gasteiger partial charge < -0.3 is 0 Å². The molecule has 5 nitrogen and oxygen atoms in total. The first-order valence-electron chi connectivity index (χ1n) is 4.01. The molecule has 0 saturated heterocycles. The number of benzene rings is 1. The molecule has 0 saturated carbocycles. The predicted molar refractivity (Wildman–Crippen MR) is 64.4 cm³/mol. The van der Waals surface area contributed by atoms with Gasteiger partial charge in [-0.1, -0.05) is 12.1 Å².